The predicted molar refractivity (Wildman–Crippen MR) is 82.5 cm³/mol. The van der Waals surface area contributed by atoms with E-state index in [1.165, 1.54) is 6.26 Å². The number of hydrogen-bond acceptors (Lipinski definition) is 5. The predicted octanol–water partition coefficient (Wildman–Crippen LogP) is 1.48. The van der Waals surface area contributed by atoms with Crippen LogP contribution in [0.25, 0.3) is 11.5 Å². The third-order valence-electron chi connectivity index (χ3n) is 3.83. The number of amides is 2. The minimum atomic E-state index is -0.469. The number of oxazole rings is 1. The van der Waals surface area contributed by atoms with Gasteiger partial charge in [-0.15, -0.1) is 0 Å². The molecule has 2 aromatic rings. The van der Waals surface area contributed by atoms with Crippen LogP contribution >= 0.6 is 0 Å². The highest BCUT2D eigenvalue weighted by atomic mass is 16.3. The van der Waals surface area contributed by atoms with Crippen molar-refractivity contribution in [1.82, 2.24) is 20.2 Å². The summed E-state index contributed by atoms with van der Waals surface area (Å²) in [6.07, 6.45) is 5.89. The van der Waals surface area contributed by atoms with Crippen LogP contribution in [0.1, 0.15) is 30.3 Å². The first-order chi connectivity index (χ1) is 11.2. The molecule has 1 aliphatic rings. The SMILES string of the molecule is CC[C@H]1C(=O)NCCCN1C(=O)c1coc(-c2cccnc2)n1. The van der Waals surface area contributed by atoms with Crippen molar-refractivity contribution in [2.45, 2.75) is 25.8 Å². The molecule has 2 amide bonds. The van der Waals surface area contributed by atoms with E-state index in [-0.39, 0.29) is 17.5 Å². The fourth-order valence-electron chi connectivity index (χ4n) is 2.67. The number of carbonyl (C=O) groups excluding carboxylic acids is 2. The van der Waals surface area contributed by atoms with Crippen LogP contribution < -0.4 is 5.32 Å². The van der Waals surface area contributed by atoms with E-state index in [2.05, 4.69) is 15.3 Å². The summed E-state index contributed by atoms with van der Waals surface area (Å²) in [5, 5.41) is 2.83. The summed E-state index contributed by atoms with van der Waals surface area (Å²) in [7, 11) is 0. The van der Waals surface area contributed by atoms with Gasteiger partial charge in [0.25, 0.3) is 5.91 Å². The van der Waals surface area contributed by atoms with E-state index >= 15 is 0 Å². The van der Waals surface area contributed by atoms with Gasteiger partial charge in [0.05, 0.1) is 5.56 Å². The van der Waals surface area contributed by atoms with Crippen molar-refractivity contribution in [3.63, 3.8) is 0 Å². The highest BCUT2D eigenvalue weighted by Gasteiger charge is 2.32. The summed E-state index contributed by atoms with van der Waals surface area (Å²) in [5.74, 6) is -0.0594. The van der Waals surface area contributed by atoms with Gasteiger partial charge in [0, 0.05) is 25.5 Å². The lowest BCUT2D eigenvalue weighted by Crippen LogP contribution is -2.46. The molecule has 0 aliphatic carbocycles. The monoisotopic (exact) mass is 314 g/mol. The molecule has 1 saturated heterocycles. The zero-order valence-electron chi connectivity index (χ0n) is 12.9. The number of aromatic nitrogens is 2. The second-order valence-electron chi connectivity index (χ2n) is 5.35. The molecule has 0 aromatic carbocycles. The number of nitrogens with one attached hydrogen (secondary N) is 1. The van der Waals surface area contributed by atoms with Crippen LogP contribution in [-0.4, -0.2) is 45.8 Å². The third kappa shape index (κ3) is 3.08. The van der Waals surface area contributed by atoms with Gasteiger partial charge in [0.1, 0.15) is 12.3 Å². The minimum Gasteiger partial charge on any atom is -0.444 e. The molecule has 23 heavy (non-hydrogen) atoms. The Hall–Kier alpha value is -2.70. The van der Waals surface area contributed by atoms with Crippen LogP contribution in [0.5, 0.6) is 0 Å². The maximum absolute atomic E-state index is 12.7. The fraction of sp³-hybridized carbons (Fsp3) is 0.375. The van der Waals surface area contributed by atoms with Gasteiger partial charge in [-0.05, 0) is 25.0 Å². The van der Waals surface area contributed by atoms with Crippen molar-refractivity contribution in [2.24, 2.45) is 0 Å². The molecule has 0 unspecified atom stereocenters. The average molecular weight is 314 g/mol. The smallest absolute Gasteiger partial charge is 0.276 e. The van der Waals surface area contributed by atoms with Crippen LogP contribution in [-0.2, 0) is 4.79 Å². The van der Waals surface area contributed by atoms with Gasteiger partial charge in [-0.2, -0.15) is 0 Å². The summed E-state index contributed by atoms with van der Waals surface area (Å²) in [5.41, 5.74) is 0.907. The van der Waals surface area contributed by atoms with Crippen molar-refractivity contribution in [1.29, 1.82) is 0 Å². The van der Waals surface area contributed by atoms with Gasteiger partial charge in [-0.25, -0.2) is 4.98 Å². The molecule has 2 aromatic heterocycles. The molecular formula is C16H18N4O3. The Labute approximate surface area is 133 Å². The summed E-state index contributed by atoms with van der Waals surface area (Å²) in [4.78, 5) is 34.6. The van der Waals surface area contributed by atoms with Gasteiger partial charge >= 0.3 is 0 Å². The molecule has 7 heteroatoms. The Balaban J connectivity index is 1.85. The highest BCUT2D eigenvalue weighted by molar-refractivity contribution is 5.96. The maximum atomic E-state index is 12.7. The van der Waals surface area contributed by atoms with E-state index in [1.807, 2.05) is 6.92 Å². The Bertz CT molecular complexity index is 698. The van der Waals surface area contributed by atoms with Crippen LogP contribution in [0.2, 0.25) is 0 Å². The van der Waals surface area contributed by atoms with Gasteiger partial charge < -0.3 is 14.6 Å². The van der Waals surface area contributed by atoms with E-state index in [0.29, 0.717) is 31.0 Å². The zero-order valence-corrected chi connectivity index (χ0v) is 12.9. The lowest BCUT2D eigenvalue weighted by atomic mass is 10.1. The largest absolute Gasteiger partial charge is 0.444 e. The second-order valence-corrected chi connectivity index (χ2v) is 5.35. The zero-order chi connectivity index (χ0) is 16.2. The molecule has 7 nitrogen and oxygen atoms in total. The average Bonchev–Trinajstić information content (AvgIpc) is 3.00. The molecule has 1 N–H and O–H groups in total. The first kappa shape index (κ1) is 15.2. The molecule has 0 saturated carbocycles. The molecule has 3 heterocycles. The first-order valence-corrected chi connectivity index (χ1v) is 7.65. The first-order valence-electron chi connectivity index (χ1n) is 7.65. The highest BCUT2D eigenvalue weighted by Crippen LogP contribution is 2.19. The molecule has 0 bridgehead atoms. The van der Waals surface area contributed by atoms with Crippen molar-refractivity contribution in [3.05, 3.63) is 36.5 Å². The van der Waals surface area contributed by atoms with E-state index in [1.54, 1.807) is 29.4 Å². The number of carbonyl (C=O) groups is 2. The van der Waals surface area contributed by atoms with E-state index in [4.69, 9.17) is 4.42 Å². The van der Waals surface area contributed by atoms with Crippen LogP contribution in [0.4, 0.5) is 0 Å². The van der Waals surface area contributed by atoms with E-state index in [9.17, 15) is 9.59 Å². The molecule has 1 aliphatic heterocycles. The number of hydrogen-bond donors (Lipinski definition) is 1. The third-order valence-corrected chi connectivity index (χ3v) is 3.83. The number of nitrogens with zero attached hydrogens (tertiary/aromatic N) is 3. The molecule has 1 fully saturated rings. The number of rotatable bonds is 3. The summed E-state index contributed by atoms with van der Waals surface area (Å²) in [6, 6.07) is 3.11. The van der Waals surface area contributed by atoms with Gasteiger partial charge in [-0.1, -0.05) is 6.92 Å². The van der Waals surface area contributed by atoms with E-state index < -0.39 is 6.04 Å². The molecular weight excluding hydrogens is 296 g/mol. The Kier molecular flexibility index (Phi) is 4.36. The summed E-state index contributed by atoms with van der Waals surface area (Å²) < 4.78 is 5.39. The van der Waals surface area contributed by atoms with Crippen molar-refractivity contribution >= 4 is 11.8 Å². The van der Waals surface area contributed by atoms with Crippen molar-refractivity contribution < 1.29 is 14.0 Å². The van der Waals surface area contributed by atoms with E-state index in [0.717, 1.165) is 6.42 Å². The standard InChI is InChI=1S/C16H18N4O3/c1-2-13-14(21)18-7-4-8-20(13)16(22)12-10-23-15(19-12)11-5-3-6-17-9-11/h3,5-6,9-10,13H,2,4,7-8H2,1H3,(H,18,21)/t13-/m0/s1. The summed E-state index contributed by atoms with van der Waals surface area (Å²) >= 11 is 0. The number of pyridine rings is 1. The van der Waals surface area contributed by atoms with Crippen LogP contribution in [0, 0.1) is 0 Å². The van der Waals surface area contributed by atoms with Crippen LogP contribution in [0.3, 0.4) is 0 Å². The Morgan fingerprint density at radius 1 is 1.52 bits per heavy atom. The quantitative estimate of drug-likeness (QED) is 0.927. The normalized spacial score (nSPS) is 18.4. The minimum absolute atomic E-state index is 0.116. The maximum Gasteiger partial charge on any atom is 0.276 e. The molecule has 0 radical (unpaired) electrons. The lowest BCUT2D eigenvalue weighted by molar-refractivity contribution is -0.124. The van der Waals surface area contributed by atoms with Gasteiger partial charge in [0.15, 0.2) is 5.69 Å². The van der Waals surface area contributed by atoms with Crippen molar-refractivity contribution in [3.8, 4) is 11.5 Å². The van der Waals surface area contributed by atoms with Crippen LogP contribution in [0.15, 0.2) is 35.2 Å². The Morgan fingerprint density at radius 3 is 3.13 bits per heavy atom. The molecule has 1 atom stereocenters. The molecule has 0 spiro atoms. The van der Waals surface area contributed by atoms with Gasteiger partial charge in [-0.3, -0.25) is 14.6 Å². The van der Waals surface area contributed by atoms with Crippen molar-refractivity contribution in [2.75, 3.05) is 13.1 Å². The fourth-order valence-corrected chi connectivity index (χ4v) is 2.67. The topological polar surface area (TPSA) is 88.3 Å². The Morgan fingerprint density at radius 2 is 2.39 bits per heavy atom. The molecule has 3 rings (SSSR count). The summed E-state index contributed by atoms with van der Waals surface area (Å²) in [6.45, 7) is 2.99. The lowest BCUT2D eigenvalue weighted by Gasteiger charge is -2.26. The second kappa shape index (κ2) is 6.60. The van der Waals surface area contributed by atoms with Gasteiger partial charge in [0.2, 0.25) is 11.8 Å². The molecule has 120 valence electrons.